The van der Waals surface area contributed by atoms with Crippen molar-refractivity contribution in [3.8, 4) is 11.8 Å². The van der Waals surface area contributed by atoms with Crippen molar-refractivity contribution < 1.29 is 13.9 Å². The molecule has 0 aliphatic rings. The van der Waals surface area contributed by atoms with Gasteiger partial charge in [0.25, 0.3) is 5.91 Å². The molecular weight excluding hydrogens is 611 g/mol. The highest BCUT2D eigenvalue weighted by atomic mass is 127. The highest BCUT2D eigenvalue weighted by Gasteiger charge is 2.12. The van der Waals surface area contributed by atoms with Gasteiger partial charge >= 0.3 is 0 Å². The fourth-order valence-electron chi connectivity index (χ4n) is 2.52. The standard InChI is InChI=1S/C22H14FI2N3O2/c23-18-8-15(11-26)6-7-17(18)22(29)28-27-12-16-9-19(24)21(20(25)10-16)30-13-14-4-2-1-3-5-14/h1-10,12H,13H2,(H,28,29)/b27-12-. The molecular formula is C22H14FI2N3O2. The van der Waals surface area contributed by atoms with Crippen molar-refractivity contribution in [3.63, 3.8) is 0 Å². The number of benzene rings is 3. The van der Waals surface area contributed by atoms with Gasteiger partial charge in [0.05, 0.1) is 30.6 Å². The average molecular weight is 625 g/mol. The molecule has 1 N–H and O–H groups in total. The number of hydrazone groups is 1. The number of nitriles is 1. The summed E-state index contributed by atoms with van der Waals surface area (Å²) < 4.78 is 21.7. The lowest BCUT2D eigenvalue weighted by atomic mass is 10.1. The van der Waals surface area contributed by atoms with E-state index in [9.17, 15) is 9.18 Å². The fraction of sp³-hybridized carbons (Fsp3) is 0.0455. The van der Waals surface area contributed by atoms with E-state index in [1.165, 1.54) is 18.3 Å². The topological polar surface area (TPSA) is 74.5 Å². The molecule has 8 heteroatoms. The first kappa shape index (κ1) is 22.2. The van der Waals surface area contributed by atoms with Gasteiger partial charge in [0.15, 0.2) is 0 Å². The van der Waals surface area contributed by atoms with Crippen LogP contribution in [0.4, 0.5) is 4.39 Å². The van der Waals surface area contributed by atoms with Gasteiger partial charge in [0.1, 0.15) is 18.2 Å². The van der Waals surface area contributed by atoms with Gasteiger partial charge in [-0.25, -0.2) is 9.82 Å². The summed E-state index contributed by atoms with van der Waals surface area (Å²) in [6.45, 7) is 0.465. The van der Waals surface area contributed by atoms with E-state index in [1.54, 1.807) is 0 Å². The van der Waals surface area contributed by atoms with Gasteiger partial charge in [-0.3, -0.25) is 4.79 Å². The third-order valence-electron chi connectivity index (χ3n) is 3.97. The van der Waals surface area contributed by atoms with Crippen LogP contribution in [0.15, 0.2) is 65.8 Å². The minimum atomic E-state index is -0.772. The van der Waals surface area contributed by atoms with Gasteiger partial charge < -0.3 is 4.74 Å². The van der Waals surface area contributed by atoms with Crippen molar-refractivity contribution in [3.05, 3.63) is 95.9 Å². The second kappa shape index (κ2) is 10.5. The van der Waals surface area contributed by atoms with E-state index in [0.29, 0.717) is 6.61 Å². The highest BCUT2D eigenvalue weighted by molar-refractivity contribution is 14.1. The Kier molecular flexibility index (Phi) is 7.75. The fourth-order valence-corrected chi connectivity index (χ4v) is 4.64. The summed E-state index contributed by atoms with van der Waals surface area (Å²) in [6.07, 6.45) is 1.48. The number of nitrogens with zero attached hydrogens (tertiary/aromatic N) is 2. The summed E-state index contributed by atoms with van der Waals surface area (Å²) in [5.41, 5.74) is 4.10. The van der Waals surface area contributed by atoms with Gasteiger partial charge in [-0.05, 0) is 86.6 Å². The molecule has 150 valence electrons. The molecule has 0 aromatic heterocycles. The van der Waals surface area contributed by atoms with Crippen LogP contribution in [0.5, 0.6) is 5.75 Å². The molecule has 0 aliphatic heterocycles. The van der Waals surface area contributed by atoms with Gasteiger partial charge in [0, 0.05) is 0 Å². The predicted octanol–water partition coefficient (Wildman–Crippen LogP) is 5.25. The van der Waals surface area contributed by atoms with Crippen LogP contribution >= 0.6 is 45.2 Å². The van der Waals surface area contributed by atoms with Crippen LogP contribution in [0.1, 0.15) is 27.0 Å². The van der Waals surface area contributed by atoms with Crippen LogP contribution < -0.4 is 10.2 Å². The molecule has 0 saturated heterocycles. The van der Waals surface area contributed by atoms with Crippen LogP contribution in [0.25, 0.3) is 0 Å². The van der Waals surface area contributed by atoms with Crippen molar-refractivity contribution in [2.45, 2.75) is 6.61 Å². The zero-order chi connectivity index (χ0) is 21.5. The number of ether oxygens (including phenoxy) is 1. The van der Waals surface area contributed by atoms with Gasteiger partial charge in [-0.1, -0.05) is 30.3 Å². The largest absolute Gasteiger partial charge is 0.487 e. The number of halogens is 3. The number of hydrogen-bond acceptors (Lipinski definition) is 4. The molecule has 5 nitrogen and oxygen atoms in total. The van der Waals surface area contributed by atoms with Crippen LogP contribution in [-0.2, 0) is 6.61 Å². The highest BCUT2D eigenvalue weighted by Crippen LogP contribution is 2.29. The SMILES string of the molecule is N#Cc1ccc(C(=O)N/N=C\c2cc(I)c(OCc3ccccc3)c(I)c2)c(F)c1. The summed E-state index contributed by atoms with van der Waals surface area (Å²) in [5.74, 6) is -0.688. The lowest BCUT2D eigenvalue weighted by Crippen LogP contribution is -2.19. The van der Waals surface area contributed by atoms with Crippen LogP contribution in [0, 0.1) is 24.3 Å². The van der Waals surface area contributed by atoms with Crippen LogP contribution in [0.2, 0.25) is 0 Å². The van der Waals surface area contributed by atoms with E-state index in [0.717, 1.165) is 30.1 Å². The summed E-state index contributed by atoms with van der Waals surface area (Å²) >= 11 is 4.37. The second-order valence-corrected chi connectivity index (χ2v) is 8.42. The lowest BCUT2D eigenvalue weighted by molar-refractivity contribution is 0.0951. The molecule has 0 aliphatic carbocycles. The van der Waals surface area contributed by atoms with E-state index < -0.39 is 11.7 Å². The van der Waals surface area contributed by atoms with E-state index in [1.807, 2.05) is 48.5 Å². The van der Waals surface area contributed by atoms with Crippen molar-refractivity contribution in [1.29, 1.82) is 5.26 Å². The molecule has 0 heterocycles. The van der Waals surface area contributed by atoms with E-state index in [2.05, 4.69) is 55.7 Å². The summed E-state index contributed by atoms with van der Waals surface area (Å²) in [6, 6.07) is 19.1. The molecule has 0 saturated carbocycles. The molecule has 0 spiro atoms. The molecule has 0 fully saturated rings. The van der Waals surface area contributed by atoms with Crippen LogP contribution in [-0.4, -0.2) is 12.1 Å². The monoisotopic (exact) mass is 625 g/mol. The number of amides is 1. The maximum Gasteiger partial charge on any atom is 0.274 e. The number of carbonyl (C=O) groups excluding carboxylic acids is 1. The van der Waals surface area contributed by atoms with Gasteiger partial charge in [-0.2, -0.15) is 10.4 Å². The summed E-state index contributed by atoms with van der Waals surface area (Å²) in [4.78, 5) is 12.1. The number of hydrogen-bond donors (Lipinski definition) is 1. The molecule has 0 radical (unpaired) electrons. The first-order valence-electron chi connectivity index (χ1n) is 8.66. The minimum absolute atomic E-state index is 0.145. The molecule has 0 atom stereocenters. The Labute approximate surface area is 200 Å². The summed E-state index contributed by atoms with van der Waals surface area (Å²) in [7, 11) is 0. The third kappa shape index (κ3) is 5.76. The normalized spacial score (nSPS) is 10.6. The maximum absolute atomic E-state index is 13.9. The van der Waals surface area contributed by atoms with Crippen LogP contribution in [0.3, 0.4) is 0 Å². The Morgan fingerprint density at radius 3 is 2.47 bits per heavy atom. The lowest BCUT2D eigenvalue weighted by Gasteiger charge is -2.11. The number of carbonyl (C=O) groups is 1. The predicted molar refractivity (Wildman–Crippen MR) is 129 cm³/mol. The van der Waals surface area contributed by atoms with Crippen molar-refractivity contribution in [2.24, 2.45) is 5.10 Å². The smallest absolute Gasteiger partial charge is 0.274 e. The number of rotatable bonds is 6. The van der Waals surface area contributed by atoms with Crippen molar-refractivity contribution in [1.82, 2.24) is 5.43 Å². The molecule has 3 aromatic rings. The van der Waals surface area contributed by atoms with E-state index >= 15 is 0 Å². The molecule has 0 unspecified atom stereocenters. The molecule has 1 amide bonds. The average Bonchev–Trinajstić information content (AvgIpc) is 2.73. The first-order valence-corrected chi connectivity index (χ1v) is 10.8. The maximum atomic E-state index is 13.9. The quantitative estimate of drug-likeness (QED) is 0.231. The Hall–Kier alpha value is -2.52. The zero-order valence-corrected chi connectivity index (χ0v) is 19.7. The summed E-state index contributed by atoms with van der Waals surface area (Å²) in [5, 5.41) is 12.7. The Morgan fingerprint density at radius 2 is 1.83 bits per heavy atom. The van der Waals surface area contributed by atoms with Gasteiger partial charge in [0.2, 0.25) is 0 Å². The molecule has 30 heavy (non-hydrogen) atoms. The second-order valence-electron chi connectivity index (χ2n) is 6.09. The molecule has 0 bridgehead atoms. The molecule has 3 rings (SSSR count). The van der Waals surface area contributed by atoms with E-state index in [-0.39, 0.29) is 11.1 Å². The third-order valence-corrected chi connectivity index (χ3v) is 5.57. The first-order chi connectivity index (χ1) is 14.5. The molecule has 3 aromatic carbocycles. The van der Waals surface area contributed by atoms with Gasteiger partial charge in [-0.15, -0.1) is 0 Å². The Bertz CT molecular complexity index is 1120. The Morgan fingerprint density at radius 1 is 1.13 bits per heavy atom. The zero-order valence-electron chi connectivity index (χ0n) is 15.4. The number of nitrogens with one attached hydrogen (secondary N) is 1. The van der Waals surface area contributed by atoms with Crippen molar-refractivity contribution >= 4 is 57.3 Å². The van der Waals surface area contributed by atoms with E-state index in [4.69, 9.17) is 10.00 Å². The Balaban J connectivity index is 1.66. The van der Waals surface area contributed by atoms with Crippen molar-refractivity contribution in [2.75, 3.05) is 0 Å². The minimum Gasteiger partial charge on any atom is -0.487 e.